The summed E-state index contributed by atoms with van der Waals surface area (Å²) in [5.41, 5.74) is 0.644. The zero-order valence-corrected chi connectivity index (χ0v) is 13.1. The number of para-hydroxylation sites is 1. The summed E-state index contributed by atoms with van der Waals surface area (Å²) in [6.07, 6.45) is 1.36. The molecule has 0 saturated carbocycles. The number of anilines is 1. The van der Waals surface area contributed by atoms with Crippen molar-refractivity contribution in [2.45, 2.75) is 6.61 Å². The molecule has 4 nitrogen and oxygen atoms in total. The van der Waals surface area contributed by atoms with E-state index in [1.54, 1.807) is 12.1 Å². The number of aromatic nitrogens is 1. The summed E-state index contributed by atoms with van der Waals surface area (Å²) < 4.78 is 32.3. The highest BCUT2D eigenvalue weighted by Crippen LogP contribution is 2.17. The molecule has 1 aromatic heterocycles. The highest BCUT2D eigenvalue weighted by molar-refractivity contribution is 6.04. The van der Waals surface area contributed by atoms with Crippen LogP contribution in [0.3, 0.4) is 0 Å². The average Bonchev–Trinajstić information content (AvgIpc) is 2.65. The molecule has 25 heavy (non-hydrogen) atoms. The number of benzene rings is 2. The third kappa shape index (κ3) is 4.17. The number of halogens is 2. The molecular weight excluding hydrogens is 326 g/mol. The number of pyridine rings is 1. The van der Waals surface area contributed by atoms with Gasteiger partial charge in [-0.05, 0) is 36.4 Å². The monoisotopic (exact) mass is 340 g/mol. The molecule has 3 rings (SSSR count). The van der Waals surface area contributed by atoms with Crippen molar-refractivity contribution in [3.05, 3.63) is 89.8 Å². The van der Waals surface area contributed by atoms with Crippen LogP contribution in [0.15, 0.2) is 66.9 Å². The largest absolute Gasteiger partial charge is 0.487 e. The Morgan fingerprint density at radius 1 is 1.00 bits per heavy atom. The Bertz CT molecular complexity index is 868. The zero-order chi connectivity index (χ0) is 17.6. The first kappa shape index (κ1) is 16.6. The lowest BCUT2D eigenvalue weighted by molar-refractivity contribution is 0.102. The van der Waals surface area contributed by atoms with E-state index < -0.39 is 17.5 Å². The van der Waals surface area contributed by atoms with E-state index >= 15 is 0 Å². The number of rotatable bonds is 5. The highest BCUT2D eigenvalue weighted by Gasteiger charge is 2.12. The van der Waals surface area contributed by atoms with Gasteiger partial charge in [-0.25, -0.2) is 8.78 Å². The molecule has 0 saturated heterocycles. The maximum absolute atomic E-state index is 13.6. The quantitative estimate of drug-likeness (QED) is 0.758. The van der Waals surface area contributed by atoms with Crippen LogP contribution in [-0.4, -0.2) is 10.9 Å². The molecule has 0 aliphatic heterocycles. The summed E-state index contributed by atoms with van der Waals surface area (Å²) in [5.74, 6) is -1.98. The summed E-state index contributed by atoms with van der Waals surface area (Å²) in [6.45, 7) is 0.254. The third-order valence-corrected chi connectivity index (χ3v) is 3.42. The first-order valence-corrected chi connectivity index (χ1v) is 7.51. The van der Waals surface area contributed by atoms with Crippen LogP contribution in [0.2, 0.25) is 0 Å². The van der Waals surface area contributed by atoms with Crippen molar-refractivity contribution in [1.29, 1.82) is 0 Å². The van der Waals surface area contributed by atoms with Crippen molar-refractivity contribution in [1.82, 2.24) is 4.98 Å². The van der Waals surface area contributed by atoms with E-state index in [9.17, 15) is 13.6 Å². The van der Waals surface area contributed by atoms with E-state index in [0.717, 1.165) is 6.07 Å². The molecule has 6 heteroatoms. The molecule has 3 aromatic rings. The lowest BCUT2D eigenvalue weighted by atomic mass is 10.2. The summed E-state index contributed by atoms with van der Waals surface area (Å²) in [5, 5.41) is 2.32. The van der Waals surface area contributed by atoms with Gasteiger partial charge in [0.05, 0.1) is 16.9 Å². The van der Waals surface area contributed by atoms with Crippen LogP contribution < -0.4 is 10.1 Å². The molecule has 0 aliphatic rings. The minimum atomic E-state index is -1.10. The molecule has 0 aliphatic carbocycles. The number of nitrogens with one attached hydrogen (secondary N) is 1. The molecule has 0 fully saturated rings. The van der Waals surface area contributed by atoms with Crippen molar-refractivity contribution in [3.63, 3.8) is 0 Å². The topological polar surface area (TPSA) is 51.2 Å². The lowest BCUT2D eigenvalue weighted by Gasteiger charge is -2.08. The predicted octanol–water partition coefficient (Wildman–Crippen LogP) is 4.19. The van der Waals surface area contributed by atoms with Gasteiger partial charge in [-0.15, -0.1) is 0 Å². The van der Waals surface area contributed by atoms with Gasteiger partial charge in [0.15, 0.2) is 11.6 Å². The van der Waals surface area contributed by atoms with Gasteiger partial charge in [0.1, 0.15) is 12.4 Å². The second-order valence-corrected chi connectivity index (χ2v) is 5.20. The van der Waals surface area contributed by atoms with Crippen molar-refractivity contribution in [2.24, 2.45) is 0 Å². The van der Waals surface area contributed by atoms with Gasteiger partial charge in [0, 0.05) is 6.20 Å². The first-order chi connectivity index (χ1) is 12.1. The fraction of sp³-hybridized carbons (Fsp3) is 0.0526. The van der Waals surface area contributed by atoms with Crippen molar-refractivity contribution in [3.8, 4) is 5.75 Å². The smallest absolute Gasteiger partial charge is 0.257 e. The lowest BCUT2D eigenvalue weighted by Crippen LogP contribution is -2.14. The van der Waals surface area contributed by atoms with Crippen LogP contribution in [0.25, 0.3) is 0 Å². The average molecular weight is 340 g/mol. The van der Waals surface area contributed by atoms with Crippen LogP contribution in [0.1, 0.15) is 16.1 Å². The standard InChI is InChI=1S/C19H14F2N2O2/c20-16-7-4-8-17(18(16)21)23-19(24)13-9-10-14(22-11-13)12-25-15-5-2-1-3-6-15/h1-11H,12H2,(H,23,24). The summed E-state index contributed by atoms with van der Waals surface area (Å²) >= 11 is 0. The molecule has 1 heterocycles. The van der Waals surface area contributed by atoms with Gasteiger partial charge >= 0.3 is 0 Å². The number of hydrogen-bond donors (Lipinski definition) is 1. The first-order valence-electron chi connectivity index (χ1n) is 7.51. The molecule has 1 amide bonds. The van der Waals surface area contributed by atoms with Gasteiger partial charge in [-0.1, -0.05) is 24.3 Å². The molecule has 0 spiro atoms. The van der Waals surface area contributed by atoms with E-state index in [0.29, 0.717) is 11.4 Å². The zero-order valence-electron chi connectivity index (χ0n) is 13.1. The summed E-state index contributed by atoms with van der Waals surface area (Å²) in [4.78, 5) is 16.2. The van der Waals surface area contributed by atoms with Crippen molar-refractivity contribution in [2.75, 3.05) is 5.32 Å². The Hall–Kier alpha value is -3.28. The molecule has 126 valence electrons. The number of ether oxygens (including phenoxy) is 1. The molecule has 0 bridgehead atoms. The Morgan fingerprint density at radius 3 is 2.52 bits per heavy atom. The summed E-state index contributed by atoms with van der Waals surface area (Å²) in [7, 11) is 0. The van der Waals surface area contributed by atoms with Gasteiger partial charge in [0.25, 0.3) is 5.91 Å². The van der Waals surface area contributed by atoms with Crippen molar-refractivity contribution >= 4 is 11.6 Å². The number of nitrogens with zero attached hydrogens (tertiary/aromatic N) is 1. The number of amides is 1. The normalized spacial score (nSPS) is 10.3. The number of hydrogen-bond acceptors (Lipinski definition) is 3. The fourth-order valence-electron chi connectivity index (χ4n) is 2.11. The molecule has 0 atom stereocenters. The van der Waals surface area contributed by atoms with E-state index in [2.05, 4.69) is 10.3 Å². The van der Waals surface area contributed by atoms with Crippen molar-refractivity contribution < 1.29 is 18.3 Å². The Kier molecular flexibility index (Phi) is 4.99. The molecule has 0 unspecified atom stereocenters. The van der Waals surface area contributed by atoms with Gasteiger partial charge < -0.3 is 10.1 Å². The van der Waals surface area contributed by atoms with Crippen LogP contribution in [-0.2, 0) is 6.61 Å². The molecule has 2 aromatic carbocycles. The van der Waals surface area contributed by atoms with Crippen LogP contribution >= 0.6 is 0 Å². The van der Waals surface area contributed by atoms with Gasteiger partial charge in [0.2, 0.25) is 0 Å². The fourth-order valence-corrected chi connectivity index (χ4v) is 2.11. The SMILES string of the molecule is O=C(Nc1cccc(F)c1F)c1ccc(COc2ccccc2)nc1. The molecule has 0 radical (unpaired) electrons. The van der Waals surface area contributed by atoms with E-state index in [-0.39, 0.29) is 17.9 Å². The van der Waals surface area contributed by atoms with Gasteiger partial charge in [-0.3, -0.25) is 9.78 Å². The predicted molar refractivity (Wildman–Crippen MR) is 89.3 cm³/mol. The van der Waals surface area contributed by atoms with E-state index in [4.69, 9.17) is 4.74 Å². The minimum absolute atomic E-state index is 0.221. The minimum Gasteiger partial charge on any atom is -0.487 e. The summed E-state index contributed by atoms with van der Waals surface area (Å²) in [6, 6.07) is 16.0. The Morgan fingerprint density at radius 2 is 1.80 bits per heavy atom. The van der Waals surface area contributed by atoms with Crippen LogP contribution in [0.5, 0.6) is 5.75 Å². The second kappa shape index (κ2) is 7.53. The Balaban J connectivity index is 1.63. The Labute approximate surface area is 143 Å². The van der Waals surface area contributed by atoms with Crippen LogP contribution in [0, 0.1) is 11.6 Å². The molecule has 1 N–H and O–H groups in total. The van der Waals surface area contributed by atoms with E-state index in [1.165, 1.54) is 18.3 Å². The maximum Gasteiger partial charge on any atom is 0.257 e. The second-order valence-electron chi connectivity index (χ2n) is 5.20. The van der Waals surface area contributed by atoms with Crippen LogP contribution in [0.4, 0.5) is 14.5 Å². The third-order valence-electron chi connectivity index (χ3n) is 3.42. The maximum atomic E-state index is 13.6. The number of carbonyl (C=O) groups excluding carboxylic acids is 1. The van der Waals surface area contributed by atoms with Gasteiger partial charge in [-0.2, -0.15) is 0 Å². The highest BCUT2D eigenvalue weighted by atomic mass is 19.2. The molecular formula is C19H14F2N2O2. The number of carbonyl (C=O) groups is 1. The van der Waals surface area contributed by atoms with E-state index in [1.807, 2.05) is 30.3 Å².